The monoisotopic (exact) mass is 448 g/mol. The standard InChI is InChI=1S/C22H28N2O6S/c1-4-30-22(26)15-20(17-6-5-7-18(14-17)29-3)24-21(25)13-10-16-8-11-19(12-9-16)31(27,28)23-2/h5-9,11-12,14,20,23H,4,10,13,15H2,1-3H3,(H,24,25). The molecule has 2 aromatic rings. The minimum absolute atomic E-state index is 0.00330. The molecule has 0 aliphatic carbocycles. The number of carbonyl (C=O) groups is 2. The number of carbonyl (C=O) groups excluding carboxylic acids is 2. The molecule has 168 valence electrons. The van der Waals surface area contributed by atoms with Crippen LogP contribution in [0.25, 0.3) is 0 Å². The fraction of sp³-hybridized carbons (Fsp3) is 0.364. The number of benzene rings is 2. The minimum atomic E-state index is -3.50. The van der Waals surface area contributed by atoms with Crippen LogP contribution in [0.5, 0.6) is 5.75 Å². The summed E-state index contributed by atoms with van der Waals surface area (Å²) < 4.78 is 36.1. The van der Waals surface area contributed by atoms with Crippen LogP contribution in [0.15, 0.2) is 53.4 Å². The summed E-state index contributed by atoms with van der Waals surface area (Å²) in [5.41, 5.74) is 1.57. The predicted octanol–water partition coefficient (Wildman–Crippen LogP) is 2.35. The van der Waals surface area contributed by atoms with Crippen LogP contribution in [0.4, 0.5) is 0 Å². The second-order valence-corrected chi connectivity index (χ2v) is 8.64. The maximum Gasteiger partial charge on any atom is 0.308 e. The first-order valence-corrected chi connectivity index (χ1v) is 11.4. The molecular formula is C22H28N2O6S. The normalized spacial score (nSPS) is 12.1. The molecule has 1 amide bonds. The third-order valence-electron chi connectivity index (χ3n) is 4.65. The zero-order chi connectivity index (χ0) is 22.9. The van der Waals surface area contributed by atoms with Gasteiger partial charge in [0.15, 0.2) is 0 Å². The van der Waals surface area contributed by atoms with Crippen molar-refractivity contribution < 1.29 is 27.5 Å². The van der Waals surface area contributed by atoms with Crippen molar-refractivity contribution in [3.05, 3.63) is 59.7 Å². The van der Waals surface area contributed by atoms with Crippen molar-refractivity contribution >= 4 is 21.9 Å². The first-order chi connectivity index (χ1) is 14.8. The third kappa shape index (κ3) is 7.37. The Morgan fingerprint density at radius 3 is 2.42 bits per heavy atom. The molecule has 2 rings (SSSR count). The van der Waals surface area contributed by atoms with Gasteiger partial charge >= 0.3 is 5.97 Å². The van der Waals surface area contributed by atoms with Gasteiger partial charge in [0, 0.05) is 6.42 Å². The van der Waals surface area contributed by atoms with Gasteiger partial charge in [-0.2, -0.15) is 0 Å². The van der Waals surface area contributed by atoms with Crippen LogP contribution in [0.2, 0.25) is 0 Å². The lowest BCUT2D eigenvalue weighted by Gasteiger charge is -2.19. The van der Waals surface area contributed by atoms with Crippen molar-refractivity contribution in [1.29, 1.82) is 0 Å². The lowest BCUT2D eigenvalue weighted by atomic mass is 10.0. The van der Waals surface area contributed by atoms with Crippen LogP contribution in [-0.2, 0) is 30.8 Å². The van der Waals surface area contributed by atoms with E-state index in [9.17, 15) is 18.0 Å². The van der Waals surface area contributed by atoms with Crippen molar-refractivity contribution in [2.75, 3.05) is 20.8 Å². The van der Waals surface area contributed by atoms with E-state index in [1.54, 1.807) is 44.4 Å². The highest BCUT2D eigenvalue weighted by Gasteiger charge is 2.20. The third-order valence-corrected chi connectivity index (χ3v) is 6.08. The van der Waals surface area contributed by atoms with E-state index in [0.29, 0.717) is 12.2 Å². The van der Waals surface area contributed by atoms with Gasteiger partial charge in [-0.15, -0.1) is 0 Å². The molecule has 0 radical (unpaired) electrons. The van der Waals surface area contributed by atoms with Crippen LogP contribution in [0, 0.1) is 0 Å². The number of esters is 1. The van der Waals surface area contributed by atoms with E-state index in [1.165, 1.54) is 19.2 Å². The summed E-state index contributed by atoms with van der Waals surface area (Å²) in [6, 6.07) is 13.0. The second kappa shape index (κ2) is 11.5. The molecule has 0 aliphatic heterocycles. The molecule has 1 atom stereocenters. The van der Waals surface area contributed by atoms with E-state index >= 15 is 0 Å². The number of sulfonamides is 1. The zero-order valence-electron chi connectivity index (χ0n) is 17.9. The Morgan fingerprint density at radius 1 is 1.10 bits per heavy atom. The molecule has 0 heterocycles. The van der Waals surface area contributed by atoms with Crippen LogP contribution in [0.3, 0.4) is 0 Å². The summed E-state index contributed by atoms with van der Waals surface area (Å²) in [6.07, 6.45) is 0.612. The van der Waals surface area contributed by atoms with Gasteiger partial charge in [-0.05, 0) is 55.8 Å². The highest BCUT2D eigenvalue weighted by Crippen LogP contribution is 2.22. The molecule has 0 spiro atoms. The Morgan fingerprint density at radius 2 is 1.81 bits per heavy atom. The molecule has 0 saturated carbocycles. The predicted molar refractivity (Wildman–Crippen MR) is 116 cm³/mol. The maximum atomic E-state index is 12.6. The molecule has 9 heteroatoms. The van der Waals surface area contributed by atoms with Crippen molar-refractivity contribution in [1.82, 2.24) is 10.0 Å². The van der Waals surface area contributed by atoms with E-state index in [-0.39, 0.29) is 30.3 Å². The van der Waals surface area contributed by atoms with Gasteiger partial charge in [0.05, 0.1) is 31.1 Å². The van der Waals surface area contributed by atoms with Crippen molar-refractivity contribution in [2.24, 2.45) is 0 Å². The Labute approximate surface area is 183 Å². The number of nitrogens with one attached hydrogen (secondary N) is 2. The summed E-state index contributed by atoms with van der Waals surface area (Å²) in [4.78, 5) is 24.7. The topological polar surface area (TPSA) is 111 Å². The Balaban J connectivity index is 2.04. The van der Waals surface area contributed by atoms with E-state index in [4.69, 9.17) is 9.47 Å². The SMILES string of the molecule is CCOC(=O)CC(NC(=O)CCc1ccc(S(=O)(=O)NC)cc1)c1cccc(OC)c1. The molecular weight excluding hydrogens is 420 g/mol. The van der Waals surface area contributed by atoms with Crippen LogP contribution in [0.1, 0.15) is 36.9 Å². The quantitative estimate of drug-likeness (QED) is 0.511. The molecule has 1 unspecified atom stereocenters. The van der Waals surface area contributed by atoms with Gasteiger partial charge in [-0.25, -0.2) is 13.1 Å². The Kier molecular flexibility index (Phi) is 9.02. The Hall–Kier alpha value is -2.91. The smallest absolute Gasteiger partial charge is 0.308 e. The number of amides is 1. The summed E-state index contributed by atoms with van der Waals surface area (Å²) in [6.45, 7) is 1.99. The highest BCUT2D eigenvalue weighted by atomic mass is 32.2. The number of ether oxygens (including phenoxy) is 2. The van der Waals surface area contributed by atoms with E-state index in [2.05, 4.69) is 10.0 Å². The second-order valence-electron chi connectivity index (χ2n) is 6.76. The first kappa shape index (κ1) is 24.4. The molecule has 0 aromatic heterocycles. The van der Waals surface area contributed by atoms with Crippen LogP contribution < -0.4 is 14.8 Å². The summed E-state index contributed by atoms with van der Waals surface area (Å²) in [5, 5.41) is 2.89. The molecule has 0 bridgehead atoms. The average Bonchev–Trinajstić information content (AvgIpc) is 2.77. The molecule has 8 nitrogen and oxygen atoms in total. The Bertz CT molecular complexity index is 989. The largest absolute Gasteiger partial charge is 0.497 e. The maximum absolute atomic E-state index is 12.6. The van der Waals surface area contributed by atoms with Gasteiger partial charge in [0.25, 0.3) is 0 Å². The molecule has 0 fully saturated rings. The number of aryl methyl sites for hydroxylation is 1. The average molecular weight is 449 g/mol. The summed E-state index contributed by atoms with van der Waals surface area (Å²) in [5.74, 6) is -0.0155. The fourth-order valence-corrected chi connectivity index (χ4v) is 3.70. The van der Waals surface area contributed by atoms with Gasteiger partial charge in [0.2, 0.25) is 15.9 Å². The highest BCUT2D eigenvalue weighted by molar-refractivity contribution is 7.89. The minimum Gasteiger partial charge on any atom is -0.497 e. The molecule has 2 aromatic carbocycles. The van der Waals surface area contributed by atoms with Gasteiger partial charge in [-0.3, -0.25) is 9.59 Å². The molecule has 31 heavy (non-hydrogen) atoms. The van der Waals surface area contributed by atoms with Crippen LogP contribution >= 0.6 is 0 Å². The lowest BCUT2D eigenvalue weighted by molar-refractivity contribution is -0.143. The number of hydrogen-bond donors (Lipinski definition) is 2. The van der Waals surface area contributed by atoms with Gasteiger partial charge < -0.3 is 14.8 Å². The van der Waals surface area contributed by atoms with Gasteiger partial charge in [-0.1, -0.05) is 24.3 Å². The first-order valence-electron chi connectivity index (χ1n) is 9.90. The summed E-state index contributed by atoms with van der Waals surface area (Å²) >= 11 is 0. The lowest BCUT2D eigenvalue weighted by Crippen LogP contribution is -2.30. The van der Waals surface area contributed by atoms with E-state index < -0.39 is 22.0 Å². The van der Waals surface area contributed by atoms with E-state index in [1.807, 2.05) is 6.07 Å². The molecule has 2 N–H and O–H groups in total. The van der Waals surface area contributed by atoms with Gasteiger partial charge in [0.1, 0.15) is 5.75 Å². The molecule has 0 aliphatic rings. The van der Waals surface area contributed by atoms with Crippen LogP contribution in [-0.4, -0.2) is 41.1 Å². The van der Waals surface area contributed by atoms with Crippen molar-refractivity contribution in [2.45, 2.75) is 37.1 Å². The number of methoxy groups -OCH3 is 1. The van der Waals surface area contributed by atoms with E-state index in [0.717, 1.165) is 11.1 Å². The fourth-order valence-electron chi connectivity index (χ4n) is 2.97. The zero-order valence-corrected chi connectivity index (χ0v) is 18.7. The number of hydrogen-bond acceptors (Lipinski definition) is 6. The van der Waals surface area contributed by atoms with Crippen molar-refractivity contribution in [3.8, 4) is 5.75 Å². The molecule has 0 saturated heterocycles. The number of rotatable bonds is 11. The summed E-state index contributed by atoms with van der Waals surface area (Å²) in [7, 11) is -0.602. The van der Waals surface area contributed by atoms with Crippen molar-refractivity contribution in [3.63, 3.8) is 0 Å².